The van der Waals surface area contributed by atoms with Crippen molar-refractivity contribution in [3.63, 3.8) is 0 Å². The fourth-order valence-corrected chi connectivity index (χ4v) is 2.94. The molecule has 1 aromatic heterocycles. The van der Waals surface area contributed by atoms with Crippen LogP contribution in [0.2, 0.25) is 0 Å². The highest BCUT2D eigenvalue weighted by molar-refractivity contribution is 5.73. The maximum absolute atomic E-state index is 12.6. The van der Waals surface area contributed by atoms with Crippen molar-refractivity contribution in [3.05, 3.63) is 62.8 Å². The summed E-state index contributed by atoms with van der Waals surface area (Å²) in [5.74, 6) is 0.514. The SMILES string of the molecule is CCCN(Cc1nc(C)c(Cc2cccc(C)c2)c(=O)[nH]1)C(=O)NCC. The van der Waals surface area contributed by atoms with Gasteiger partial charge >= 0.3 is 6.03 Å². The summed E-state index contributed by atoms with van der Waals surface area (Å²) in [7, 11) is 0. The summed E-state index contributed by atoms with van der Waals surface area (Å²) in [5.41, 5.74) is 3.49. The molecule has 6 nitrogen and oxygen atoms in total. The van der Waals surface area contributed by atoms with E-state index in [1.807, 2.05) is 45.9 Å². The van der Waals surface area contributed by atoms with Gasteiger partial charge in [0, 0.05) is 30.8 Å². The first-order valence-electron chi connectivity index (χ1n) is 9.11. The van der Waals surface area contributed by atoms with Crippen LogP contribution in [-0.2, 0) is 13.0 Å². The zero-order valence-electron chi connectivity index (χ0n) is 16.1. The number of amides is 2. The van der Waals surface area contributed by atoms with Crippen LogP contribution in [0.5, 0.6) is 0 Å². The van der Waals surface area contributed by atoms with Crippen molar-refractivity contribution >= 4 is 6.03 Å². The molecule has 0 aliphatic carbocycles. The lowest BCUT2D eigenvalue weighted by Gasteiger charge is -2.22. The molecule has 140 valence electrons. The molecule has 2 aromatic rings. The molecule has 0 aliphatic rings. The largest absolute Gasteiger partial charge is 0.338 e. The van der Waals surface area contributed by atoms with Crippen LogP contribution in [0.4, 0.5) is 4.79 Å². The summed E-state index contributed by atoms with van der Waals surface area (Å²) < 4.78 is 0. The number of rotatable bonds is 7. The van der Waals surface area contributed by atoms with Crippen LogP contribution in [0.25, 0.3) is 0 Å². The minimum Gasteiger partial charge on any atom is -0.338 e. The van der Waals surface area contributed by atoms with Crippen LogP contribution in [0.1, 0.15) is 48.5 Å². The molecular formula is C20H28N4O2. The Balaban J connectivity index is 2.22. The topological polar surface area (TPSA) is 78.1 Å². The Morgan fingerprint density at radius 1 is 1.27 bits per heavy atom. The number of H-pyrrole nitrogens is 1. The molecule has 26 heavy (non-hydrogen) atoms. The number of benzene rings is 1. The summed E-state index contributed by atoms with van der Waals surface area (Å²) in [6.45, 7) is 9.24. The molecule has 2 N–H and O–H groups in total. The van der Waals surface area contributed by atoms with Crippen LogP contribution in [0.3, 0.4) is 0 Å². The number of hydrogen-bond donors (Lipinski definition) is 2. The third-order valence-electron chi connectivity index (χ3n) is 4.18. The lowest BCUT2D eigenvalue weighted by atomic mass is 10.0. The van der Waals surface area contributed by atoms with Gasteiger partial charge in [0.1, 0.15) is 5.82 Å². The zero-order valence-corrected chi connectivity index (χ0v) is 16.1. The van der Waals surface area contributed by atoms with Gasteiger partial charge in [-0.05, 0) is 32.8 Å². The van der Waals surface area contributed by atoms with Gasteiger partial charge in [-0.15, -0.1) is 0 Å². The minimum atomic E-state index is -0.140. The molecular weight excluding hydrogens is 328 g/mol. The number of aromatic amines is 1. The van der Waals surface area contributed by atoms with Crippen LogP contribution in [0, 0.1) is 13.8 Å². The first-order valence-corrected chi connectivity index (χ1v) is 9.11. The zero-order chi connectivity index (χ0) is 19.1. The number of carbonyl (C=O) groups excluding carboxylic acids is 1. The smallest absolute Gasteiger partial charge is 0.317 e. The van der Waals surface area contributed by atoms with E-state index >= 15 is 0 Å². The molecule has 0 unspecified atom stereocenters. The third-order valence-corrected chi connectivity index (χ3v) is 4.18. The van der Waals surface area contributed by atoms with E-state index in [9.17, 15) is 9.59 Å². The molecule has 2 amide bonds. The molecule has 0 aliphatic heterocycles. The van der Waals surface area contributed by atoms with Crippen molar-refractivity contribution in [3.8, 4) is 0 Å². The molecule has 0 fully saturated rings. The Labute approximate surface area is 154 Å². The van der Waals surface area contributed by atoms with E-state index in [0.717, 1.165) is 12.0 Å². The van der Waals surface area contributed by atoms with Gasteiger partial charge in [0.2, 0.25) is 0 Å². The first kappa shape index (κ1) is 19.7. The first-order chi connectivity index (χ1) is 12.4. The van der Waals surface area contributed by atoms with E-state index in [0.29, 0.717) is 43.1 Å². The molecule has 0 saturated carbocycles. The molecule has 1 heterocycles. The second kappa shape index (κ2) is 9.17. The standard InChI is InChI=1S/C20H28N4O2/c1-5-10-24(20(26)21-6-2)13-18-22-15(4)17(19(25)23-18)12-16-9-7-8-14(3)11-16/h7-9,11H,5-6,10,12-13H2,1-4H3,(H,21,26)(H,22,23,25). The maximum Gasteiger partial charge on any atom is 0.317 e. The number of hydrogen-bond acceptors (Lipinski definition) is 3. The van der Waals surface area contributed by atoms with E-state index < -0.39 is 0 Å². The predicted octanol–water partition coefficient (Wildman–Crippen LogP) is 2.92. The highest BCUT2D eigenvalue weighted by Crippen LogP contribution is 2.11. The average Bonchev–Trinajstić information content (AvgIpc) is 2.58. The van der Waals surface area contributed by atoms with Gasteiger partial charge in [0.15, 0.2) is 0 Å². The molecule has 0 atom stereocenters. The molecule has 6 heteroatoms. The number of nitrogens with one attached hydrogen (secondary N) is 2. The molecule has 0 bridgehead atoms. The van der Waals surface area contributed by atoms with Crippen LogP contribution in [0.15, 0.2) is 29.1 Å². The van der Waals surface area contributed by atoms with Gasteiger partial charge in [-0.25, -0.2) is 9.78 Å². The van der Waals surface area contributed by atoms with Crippen LogP contribution >= 0.6 is 0 Å². The molecule has 0 spiro atoms. The summed E-state index contributed by atoms with van der Waals surface area (Å²) in [6, 6.07) is 7.97. The molecule has 2 rings (SSSR count). The number of nitrogens with zero attached hydrogens (tertiary/aromatic N) is 2. The van der Waals surface area contributed by atoms with E-state index in [2.05, 4.69) is 21.4 Å². The second-order valence-electron chi connectivity index (χ2n) is 6.50. The highest BCUT2D eigenvalue weighted by atomic mass is 16.2. The van der Waals surface area contributed by atoms with E-state index in [-0.39, 0.29) is 11.6 Å². The van der Waals surface area contributed by atoms with E-state index in [1.165, 1.54) is 5.56 Å². The summed E-state index contributed by atoms with van der Waals surface area (Å²) in [6.07, 6.45) is 1.39. The van der Waals surface area contributed by atoms with Crippen molar-refractivity contribution < 1.29 is 4.79 Å². The van der Waals surface area contributed by atoms with Gasteiger partial charge in [-0.3, -0.25) is 4.79 Å². The average molecular weight is 356 g/mol. The second-order valence-corrected chi connectivity index (χ2v) is 6.50. The number of urea groups is 1. The van der Waals surface area contributed by atoms with E-state index in [1.54, 1.807) is 4.90 Å². The van der Waals surface area contributed by atoms with Gasteiger partial charge in [-0.2, -0.15) is 0 Å². The number of aryl methyl sites for hydroxylation is 2. The monoisotopic (exact) mass is 356 g/mol. The van der Waals surface area contributed by atoms with Gasteiger partial charge in [-0.1, -0.05) is 36.8 Å². The van der Waals surface area contributed by atoms with Crippen molar-refractivity contribution in [2.45, 2.75) is 47.1 Å². The van der Waals surface area contributed by atoms with Gasteiger partial charge in [0.05, 0.1) is 6.54 Å². The Kier molecular flexibility index (Phi) is 6.95. The Morgan fingerprint density at radius 3 is 2.65 bits per heavy atom. The summed E-state index contributed by atoms with van der Waals surface area (Å²) >= 11 is 0. The van der Waals surface area contributed by atoms with Crippen LogP contribution < -0.4 is 10.9 Å². The number of carbonyl (C=O) groups is 1. The Bertz CT molecular complexity index is 814. The quantitative estimate of drug-likeness (QED) is 0.801. The molecule has 0 radical (unpaired) electrons. The van der Waals surface area contributed by atoms with Crippen molar-refractivity contribution in [1.82, 2.24) is 20.2 Å². The van der Waals surface area contributed by atoms with E-state index in [4.69, 9.17) is 0 Å². The summed E-state index contributed by atoms with van der Waals surface area (Å²) in [5, 5.41) is 2.80. The fraction of sp³-hybridized carbons (Fsp3) is 0.450. The van der Waals surface area contributed by atoms with Crippen molar-refractivity contribution in [2.75, 3.05) is 13.1 Å². The highest BCUT2D eigenvalue weighted by Gasteiger charge is 2.15. The third kappa shape index (κ3) is 5.18. The molecule has 1 aromatic carbocycles. The van der Waals surface area contributed by atoms with Crippen molar-refractivity contribution in [2.24, 2.45) is 0 Å². The van der Waals surface area contributed by atoms with Crippen molar-refractivity contribution in [1.29, 1.82) is 0 Å². The Morgan fingerprint density at radius 2 is 2.04 bits per heavy atom. The minimum absolute atomic E-state index is 0.138. The predicted molar refractivity (Wildman–Crippen MR) is 103 cm³/mol. The Hall–Kier alpha value is -2.63. The number of aromatic nitrogens is 2. The van der Waals surface area contributed by atoms with Gasteiger partial charge in [0.25, 0.3) is 5.56 Å². The lowest BCUT2D eigenvalue weighted by Crippen LogP contribution is -2.40. The van der Waals surface area contributed by atoms with Crippen LogP contribution in [-0.4, -0.2) is 34.0 Å². The fourth-order valence-electron chi connectivity index (χ4n) is 2.94. The maximum atomic E-state index is 12.6. The summed E-state index contributed by atoms with van der Waals surface area (Å²) in [4.78, 5) is 33.8. The lowest BCUT2D eigenvalue weighted by molar-refractivity contribution is 0.194. The molecule has 0 saturated heterocycles. The normalized spacial score (nSPS) is 10.6. The van der Waals surface area contributed by atoms with Gasteiger partial charge < -0.3 is 15.2 Å².